The Morgan fingerprint density at radius 1 is 1.10 bits per heavy atom. The topological polar surface area (TPSA) is 37.9 Å². The van der Waals surface area contributed by atoms with Gasteiger partial charge in [-0.15, -0.1) is 0 Å². The summed E-state index contributed by atoms with van der Waals surface area (Å²) in [6, 6.07) is 6.15. The minimum atomic E-state index is -0.233. The van der Waals surface area contributed by atoms with Crippen LogP contribution in [0.15, 0.2) is 24.3 Å². The maximum atomic E-state index is 12.7. The van der Waals surface area contributed by atoms with Crippen molar-refractivity contribution >= 4 is 0 Å². The molecule has 1 heterocycles. The van der Waals surface area contributed by atoms with Crippen LogP contribution in [-0.2, 0) is 6.42 Å². The number of unbranched alkanes of at least 4 members (excludes halogenated alkanes) is 2. The highest BCUT2D eigenvalue weighted by Gasteiger charge is 2.05. The van der Waals surface area contributed by atoms with E-state index in [1.807, 2.05) is 6.92 Å². The molecule has 0 saturated carbocycles. The summed E-state index contributed by atoms with van der Waals surface area (Å²) < 4.78 is 18.3. The van der Waals surface area contributed by atoms with Crippen LogP contribution in [0.1, 0.15) is 36.2 Å². The molecule has 2 rings (SSSR count). The number of rotatable bonds is 7. The number of H-pyrrole nitrogens is 1. The molecule has 3 nitrogen and oxygen atoms in total. The molecule has 116 valence electrons. The van der Waals surface area contributed by atoms with E-state index in [0.717, 1.165) is 37.1 Å². The highest BCUT2D eigenvalue weighted by atomic mass is 35.5. The first-order valence-electron chi connectivity index (χ1n) is 7.05. The van der Waals surface area contributed by atoms with Crippen LogP contribution >= 0.6 is 0 Å². The fourth-order valence-electron chi connectivity index (χ4n) is 2.24. The van der Waals surface area contributed by atoms with Crippen LogP contribution in [0.4, 0.5) is 4.39 Å². The molecule has 0 atom stereocenters. The van der Waals surface area contributed by atoms with Gasteiger partial charge >= 0.3 is 0 Å². The Bertz CT molecular complexity index is 520. The Hall–Kier alpha value is -1.55. The normalized spacial score (nSPS) is 10.2. The van der Waals surface area contributed by atoms with Gasteiger partial charge in [0, 0.05) is 5.69 Å². The second-order valence-corrected chi connectivity index (χ2v) is 5.03. The fourth-order valence-corrected chi connectivity index (χ4v) is 2.24. The number of hydrogen-bond donors (Lipinski definition) is 1. The average Bonchev–Trinajstić information content (AvgIpc) is 2.76. The maximum Gasteiger partial charge on any atom is 0.123 e. The van der Waals surface area contributed by atoms with Crippen LogP contribution < -0.4 is 17.1 Å². The molecule has 0 radical (unpaired) electrons. The van der Waals surface area contributed by atoms with Gasteiger partial charge < -0.3 is 17.1 Å². The lowest BCUT2D eigenvalue weighted by Gasteiger charge is -2.06. The SMILES string of the molecule is Cc1n[nH]c(C)c1CCCCCOc1ccc(F)cc1.[Cl-]. The van der Waals surface area contributed by atoms with Crippen molar-refractivity contribution in [1.82, 2.24) is 10.2 Å². The van der Waals surface area contributed by atoms with Gasteiger partial charge in [0.2, 0.25) is 0 Å². The minimum Gasteiger partial charge on any atom is -1.00 e. The van der Waals surface area contributed by atoms with E-state index >= 15 is 0 Å². The fraction of sp³-hybridized carbons (Fsp3) is 0.438. The number of ether oxygens (including phenoxy) is 1. The van der Waals surface area contributed by atoms with Gasteiger partial charge in [0.1, 0.15) is 11.6 Å². The molecular formula is C16H21ClFN2O-. The van der Waals surface area contributed by atoms with Gasteiger partial charge in [-0.05, 0) is 69.4 Å². The largest absolute Gasteiger partial charge is 1.00 e. The van der Waals surface area contributed by atoms with E-state index in [2.05, 4.69) is 17.1 Å². The quantitative estimate of drug-likeness (QED) is 0.774. The van der Waals surface area contributed by atoms with Crippen molar-refractivity contribution in [1.29, 1.82) is 0 Å². The number of benzene rings is 1. The molecule has 0 aliphatic carbocycles. The summed E-state index contributed by atoms with van der Waals surface area (Å²) in [6.45, 7) is 4.78. The zero-order valence-corrected chi connectivity index (χ0v) is 13.2. The number of aromatic nitrogens is 2. The van der Waals surface area contributed by atoms with Crippen LogP contribution in [0.3, 0.4) is 0 Å². The third-order valence-corrected chi connectivity index (χ3v) is 3.43. The third-order valence-electron chi connectivity index (χ3n) is 3.43. The van der Waals surface area contributed by atoms with Crippen molar-refractivity contribution in [3.05, 3.63) is 47.0 Å². The van der Waals surface area contributed by atoms with Gasteiger partial charge in [0.15, 0.2) is 0 Å². The number of aryl methyl sites for hydroxylation is 2. The van der Waals surface area contributed by atoms with E-state index in [4.69, 9.17) is 4.74 Å². The minimum absolute atomic E-state index is 0. The van der Waals surface area contributed by atoms with E-state index < -0.39 is 0 Å². The first kappa shape index (κ1) is 17.5. The summed E-state index contributed by atoms with van der Waals surface area (Å²) in [5, 5.41) is 7.21. The molecule has 1 aromatic carbocycles. The van der Waals surface area contributed by atoms with E-state index in [-0.39, 0.29) is 18.2 Å². The molecule has 1 N–H and O–H groups in total. The second-order valence-electron chi connectivity index (χ2n) is 5.03. The van der Waals surface area contributed by atoms with Gasteiger partial charge in [0.05, 0.1) is 12.3 Å². The predicted octanol–water partition coefficient (Wildman–Crippen LogP) is 0.961. The highest BCUT2D eigenvalue weighted by Crippen LogP contribution is 2.14. The van der Waals surface area contributed by atoms with E-state index in [1.165, 1.54) is 23.4 Å². The van der Waals surface area contributed by atoms with E-state index in [1.54, 1.807) is 12.1 Å². The molecule has 0 spiro atoms. The van der Waals surface area contributed by atoms with E-state index in [9.17, 15) is 4.39 Å². The summed E-state index contributed by atoms with van der Waals surface area (Å²) in [5.41, 5.74) is 3.61. The summed E-state index contributed by atoms with van der Waals surface area (Å²) >= 11 is 0. The van der Waals surface area contributed by atoms with Crippen LogP contribution in [0.5, 0.6) is 5.75 Å². The summed E-state index contributed by atoms with van der Waals surface area (Å²) in [5.74, 6) is 0.496. The molecule has 21 heavy (non-hydrogen) atoms. The lowest BCUT2D eigenvalue weighted by Crippen LogP contribution is -3.00. The van der Waals surface area contributed by atoms with Crippen molar-refractivity contribution in [2.24, 2.45) is 0 Å². The Labute approximate surface area is 131 Å². The third kappa shape index (κ3) is 5.38. The molecule has 1 aromatic heterocycles. The van der Waals surface area contributed by atoms with Gasteiger partial charge in [-0.1, -0.05) is 0 Å². The van der Waals surface area contributed by atoms with Crippen molar-refractivity contribution in [3.8, 4) is 5.75 Å². The molecule has 0 saturated heterocycles. The second kappa shape index (κ2) is 8.67. The van der Waals surface area contributed by atoms with Crippen LogP contribution in [0.2, 0.25) is 0 Å². The molecule has 2 aromatic rings. The molecule has 0 amide bonds. The van der Waals surface area contributed by atoms with Crippen LogP contribution in [0.25, 0.3) is 0 Å². The Morgan fingerprint density at radius 3 is 2.43 bits per heavy atom. The summed E-state index contributed by atoms with van der Waals surface area (Å²) in [6.07, 6.45) is 4.32. The molecule has 0 aliphatic rings. The summed E-state index contributed by atoms with van der Waals surface area (Å²) in [4.78, 5) is 0. The molecule has 5 heteroatoms. The van der Waals surface area contributed by atoms with E-state index in [0.29, 0.717) is 6.61 Å². The van der Waals surface area contributed by atoms with Crippen molar-refractivity contribution in [3.63, 3.8) is 0 Å². The molecule has 0 unspecified atom stereocenters. The predicted molar refractivity (Wildman–Crippen MR) is 77.5 cm³/mol. The maximum absolute atomic E-state index is 12.7. The monoisotopic (exact) mass is 311 g/mol. The Balaban J connectivity index is 0.00000220. The highest BCUT2D eigenvalue weighted by molar-refractivity contribution is 5.23. The van der Waals surface area contributed by atoms with Crippen molar-refractivity contribution in [2.45, 2.75) is 39.5 Å². The summed E-state index contributed by atoms with van der Waals surface area (Å²) in [7, 11) is 0. The zero-order chi connectivity index (χ0) is 14.4. The number of halogens is 2. The smallest absolute Gasteiger partial charge is 0.123 e. The van der Waals surface area contributed by atoms with Gasteiger partial charge in [-0.25, -0.2) is 4.39 Å². The van der Waals surface area contributed by atoms with Crippen molar-refractivity contribution < 1.29 is 21.5 Å². The number of nitrogens with zero attached hydrogens (tertiary/aromatic N) is 1. The number of hydrogen-bond acceptors (Lipinski definition) is 2. The zero-order valence-electron chi connectivity index (χ0n) is 12.5. The van der Waals surface area contributed by atoms with Crippen molar-refractivity contribution in [2.75, 3.05) is 6.61 Å². The van der Waals surface area contributed by atoms with Gasteiger partial charge in [-0.2, -0.15) is 5.10 Å². The lowest BCUT2D eigenvalue weighted by atomic mass is 10.1. The number of aromatic amines is 1. The number of nitrogens with one attached hydrogen (secondary N) is 1. The standard InChI is InChI=1S/C16H21FN2O.ClH/c1-12-16(13(2)19-18-12)6-4-3-5-11-20-15-9-7-14(17)8-10-15;/h7-10H,3-6,11H2,1-2H3,(H,18,19);1H/p-1. The Kier molecular flexibility index (Phi) is 7.23. The van der Waals surface area contributed by atoms with Gasteiger partial charge in [-0.3, -0.25) is 5.10 Å². The first-order valence-corrected chi connectivity index (χ1v) is 7.05. The molecule has 0 bridgehead atoms. The van der Waals surface area contributed by atoms with Crippen LogP contribution in [0, 0.1) is 19.7 Å². The lowest BCUT2D eigenvalue weighted by molar-refractivity contribution is -0.00000548. The molecular weight excluding hydrogens is 291 g/mol. The average molecular weight is 312 g/mol. The Morgan fingerprint density at radius 2 is 1.81 bits per heavy atom. The van der Waals surface area contributed by atoms with Crippen LogP contribution in [-0.4, -0.2) is 16.8 Å². The van der Waals surface area contributed by atoms with Gasteiger partial charge in [0.25, 0.3) is 0 Å². The first-order chi connectivity index (χ1) is 9.66. The molecule has 0 fully saturated rings. The molecule has 0 aliphatic heterocycles.